The van der Waals surface area contributed by atoms with Gasteiger partial charge in [0.2, 0.25) is 5.88 Å². The Balaban J connectivity index is 1.68. The van der Waals surface area contributed by atoms with Gasteiger partial charge in [0.25, 0.3) is 0 Å². The van der Waals surface area contributed by atoms with Crippen LogP contribution in [0.3, 0.4) is 0 Å². The Labute approximate surface area is 210 Å². The van der Waals surface area contributed by atoms with Gasteiger partial charge in [-0.15, -0.1) is 10.2 Å². The zero-order chi connectivity index (χ0) is 25.9. The molecule has 10 heteroatoms. The fraction of sp³-hybridized carbons (Fsp3) is 0.385. The number of oxime groups is 1. The van der Waals surface area contributed by atoms with Crippen molar-refractivity contribution in [3.05, 3.63) is 48.0 Å². The number of methoxy groups -OCH3 is 2. The minimum atomic E-state index is -0.630. The molecule has 1 amide bonds. The molecule has 0 aliphatic heterocycles. The van der Waals surface area contributed by atoms with Crippen LogP contribution in [0.15, 0.2) is 57.8 Å². The number of aromatic nitrogens is 1. The van der Waals surface area contributed by atoms with E-state index in [-0.39, 0.29) is 11.6 Å². The molecule has 1 N–H and O–H groups in total. The number of hydrogen-bond donors (Lipinski definition) is 1. The van der Waals surface area contributed by atoms with Crippen molar-refractivity contribution in [1.82, 2.24) is 9.47 Å². The third-order valence-electron chi connectivity index (χ3n) is 5.47. The Morgan fingerprint density at radius 1 is 1.06 bits per heavy atom. The van der Waals surface area contributed by atoms with Gasteiger partial charge in [-0.05, 0) is 50.2 Å². The van der Waals surface area contributed by atoms with Crippen molar-refractivity contribution >= 4 is 28.7 Å². The number of carbonyl (C=O) groups excluding carboxylic acids is 1. The van der Waals surface area contributed by atoms with Crippen LogP contribution in [0.1, 0.15) is 32.3 Å². The van der Waals surface area contributed by atoms with E-state index in [1.807, 2.05) is 24.3 Å². The quantitative estimate of drug-likeness (QED) is 0.201. The molecule has 0 bridgehead atoms. The maximum atomic E-state index is 12.2. The fourth-order valence-corrected chi connectivity index (χ4v) is 3.86. The van der Waals surface area contributed by atoms with E-state index in [2.05, 4.69) is 34.1 Å². The SMILES string of the molecule is CCCN(CCC)Cn1c(O)c(N=NC(=O)CO/N=C\c2ccc(OC)c(OC)c2)c2ccccc21. The Morgan fingerprint density at radius 3 is 2.47 bits per heavy atom. The lowest BCUT2D eigenvalue weighted by Gasteiger charge is -2.22. The van der Waals surface area contributed by atoms with Crippen LogP contribution >= 0.6 is 0 Å². The molecule has 2 aromatic carbocycles. The lowest BCUT2D eigenvalue weighted by atomic mass is 10.2. The van der Waals surface area contributed by atoms with Crippen molar-refractivity contribution in [1.29, 1.82) is 0 Å². The average Bonchev–Trinajstić information content (AvgIpc) is 3.15. The van der Waals surface area contributed by atoms with Gasteiger partial charge < -0.3 is 19.4 Å². The smallest absolute Gasteiger partial charge is 0.304 e. The molecular weight excluding hydrogens is 462 g/mol. The van der Waals surface area contributed by atoms with Gasteiger partial charge in [0.05, 0.1) is 32.6 Å². The van der Waals surface area contributed by atoms with Crippen LogP contribution in [0, 0.1) is 0 Å². The molecule has 0 fully saturated rings. The molecule has 0 saturated carbocycles. The molecule has 1 aromatic heterocycles. The molecule has 0 aliphatic rings. The first-order chi connectivity index (χ1) is 17.5. The summed E-state index contributed by atoms with van der Waals surface area (Å²) in [5, 5.41) is 23.2. The summed E-state index contributed by atoms with van der Waals surface area (Å²) in [6.07, 6.45) is 3.47. The number of aromatic hydroxyl groups is 1. The third kappa shape index (κ3) is 6.60. The Kier molecular flexibility index (Phi) is 9.82. The number of benzene rings is 2. The van der Waals surface area contributed by atoms with Crippen LogP contribution in [0.4, 0.5) is 5.69 Å². The van der Waals surface area contributed by atoms with Crippen molar-refractivity contribution in [3.63, 3.8) is 0 Å². The van der Waals surface area contributed by atoms with E-state index in [0.717, 1.165) is 31.4 Å². The molecule has 192 valence electrons. The van der Waals surface area contributed by atoms with Gasteiger partial charge in [-0.25, -0.2) is 0 Å². The number of rotatable bonds is 13. The zero-order valence-corrected chi connectivity index (χ0v) is 21.2. The Hall–Kier alpha value is -3.92. The van der Waals surface area contributed by atoms with Crippen LogP contribution in [0.2, 0.25) is 0 Å². The second-order valence-corrected chi connectivity index (χ2v) is 8.09. The number of hydrogen-bond acceptors (Lipinski definition) is 8. The molecule has 1 heterocycles. The first kappa shape index (κ1) is 26.7. The second-order valence-electron chi connectivity index (χ2n) is 8.09. The number of ether oxygens (including phenoxy) is 2. The monoisotopic (exact) mass is 495 g/mol. The van der Waals surface area contributed by atoms with Gasteiger partial charge in [-0.2, -0.15) is 0 Å². The van der Waals surface area contributed by atoms with Crippen LogP contribution < -0.4 is 9.47 Å². The van der Waals surface area contributed by atoms with Gasteiger partial charge in [-0.1, -0.05) is 37.2 Å². The van der Waals surface area contributed by atoms with Crippen LogP contribution in [-0.4, -0.2) is 60.6 Å². The highest BCUT2D eigenvalue weighted by Crippen LogP contribution is 2.39. The van der Waals surface area contributed by atoms with Crippen LogP contribution in [-0.2, 0) is 16.3 Å². The highest BCUT2D eigenvalue weighted by Gasteiger charge is 2.18. The molecule has 0 spiro atoms. The Morgan fingerprint density at radius 2 is 1.78 bits per heavy atom. The van der Waals surface area contributed by atoms with E-state index in [1.54, 1.807) is 37.0 Å². The van der Waals surface area contributed by atoms with Gasteiger partial charge >= 0.3 is 5.91 Å². The van der Waals surface area contributed by atoms with Crippen molar-refractivity contribution in [2.45, 2.75) is 33.4 Å². The highest BCUT2D eigenvalue weighted by atomic mass is 16.6. The number of para-hydroxylation sites is 1. The molecular formula is C26H33N5O5. The van der Waals surface area contributed by atoms with Crippen molar-refractivity contribution in [2.75, 3.05) is 33.9 Å². The molecule has 3 aromatic rings. The minimum absolute atomic E-state index is 0.0302. The topological polar surface area (TPSA) is 110 Å². The predicted molar refractivity (Wildman–Crippen MR) is 138 cm³/mol. The molecule has 0 radical (unpaired) electrons. The van der Waals surface area contributed by atoms with E-state index in [4.69, 9.17) is 14.3 Å². The normalized spacial score (nSPS) is 11.7. The summed E-state index contributed by atoms with van der Waals surface area (Å²) in [6, 6.07) is 12.8. The standard InChI is InChI=1S/C26H33N5O5/c1-5-13-30(14-6-2)18-31-21-10-8-7-9-20(21)25(26(31)33)29-28-24(32)17-36-27-16-19-11-12-22(34-3)23(15-19)35-4/h7-12,15-16,33H,5-6,13-14,17-18H2,1-4H3/b27-16-,29-28?. The number of azo groups is 1. The van der Waals surface area contributed by atoms with E-state index in [0.29, 0.717) is 29.1 Å². The molecule has 0 saturated heterocycles. The molecule has 10 nitrogen and oxygen atoms in total. The van der Waals surface area contributed by atoms with Gasteiger partial charge in [-0.3, -0.25) is 14.3 Å². The lowest BCUT2D eigenvalue weighted by Crippen LogP contribution is -2.27. The van der Waals surface area contributed by atoms with Crippen molar-refractivity contribution < 1.29 is 24.2 Å². The van der Waals surface area contributed by atoms with Crippen molar-refractivity contribution in [3.8, 4) is 17.4 Å². The molecule has 0 unspecified atom stereocenters. The van der Waals surface area contributed by atoms with E-state index in [9.17, 15) is 9.90 Å². The van der Waals surface area contributed by atoms with Crippen LogP contribution in [0.25, 0.3) is 10.9 Å². The first-order valence-electron chi connectivity index (χ1n) is 11.9. The second kappa shape index (κ2) is 13.2. The van der Waals surface area contributed by atoms with Crippen molar-refractivity contribution in [2.24, 2.45) is 15.4 Å². The maximum Gasteiger partial charge on any atom is 0.304 e. The first-order valence-corrected chi connectivity index (χ1v) is 11.9. The average molecular weight is 496 g/mol. The highest BCUT2D eigenvalue weighted by molar-refractivity contribution is 5.95. The summed E-state index contributed by atoms with van der Waals surface area (Å²) >= 11 is 0. The van der Waals surface area contributed by atoms with E-state index < -0.39 is 12.5 Å². The van der Waals surface area contributed by atoms with E-state index in [1.165, 1.54) is 6.21 Å². The summed E-state index contributed by atoms with van der Waals surface area (Å²) < 4.78 is 12.2. The fourth-order valence-electron chi connectivity index (χ4n) is 3.86. The largest absolute Gasteiger partial charge is 0.493 e. The molecule has 36 heavy (non-hydrogen) atoms. The molecule has 0 atom stereocenters. The summed E-state index contributed by atoms with van der Waals surface area (Å²) in [4.78, 5) is 19.6. The number of nitrogens with zero attached hydrogens (tertiary/aromatic N) is 5. The summed E-state index contributed by atoms with van der Waals surface area (Å²) in [6.45, 7) is 6.20. The summed E-state index contributed by atoms with van der Waals surface area (Å²) in [5.74, 6) is 0.489. The zero-order valence-electron chi connectivity index (χ0n) is 21.2. The van der Waals surface area contributed by atoms with Gasteiger partial charge in [0.1, 0.15) is 0 Å². The molecule has 3 rings (SSSR count). The van der Waals surface area contributed by atoms with Crippen LogP contribution in [0.5, 0.6) is 17.4 Å². The molecule has 0 aliphatic carbocycles. The predicted octanol–water partition coefficient (Wildman–Crippen LogP) is 5.10. The minimum Gasteiger partial charge on any atom is -0.493 e. The number of amides is 1. The van der Waals surface area contributed by atoms with Gasteiger partial charge in [0.15, 0.2) is 23.8 Å². The number of fused-ring (bicyclic) bond motifs is 1. The van der Waals surface area contributed by atoms with Gasteiger partial charge in [0, 0.05) is 10.9 Å². The summed E-state index contributed by atoms with van der Waals surface area (Å²) in [7, 11) is 3.10. The lowest BCUT2D eigenvalue weighted by molar-refractivity contribution is -0.122. The van der Waals surface area contributed by atoms with E-state index >= 15 is 0 Å². The number of carbonyl (C=O) groups is 1. The maximum absolute atomic E-state index is 12.2. The summed E-state index contributed by atoms with van der Waals surface area (Å²) in [5.41, 5.74) is 1.78. The Bertz CT molecular complexity index is 1210. The third-order valence-corrected chi connectivity index (χ3v) is 5.47.